The average Bonchev–Trinajstić information content (AvgIpc) is 2.77. The second kappa shape index (κ2) is 10.1. The molecule has 1 saturated heterocycles. The molecular weight excluding hydrogens is 408 g/mol. The summed E-state index contributed by atoms with van der Waals surface area (Å²) >= 11 is 1.44. The molecule has 8 heteroatoms. The molecule has 0 bridgehead atoms. The molecule has 0 unspecified atom stereocenters. The van der Waals surface area contributed by atoms with E-state index in [0.29, 0.717) is 24.5 Å². The Kier molecular flexibility index (Phi) is 7.57. The van der Waals surface area contributed by atoms with Gasteiger partial charge in [0.25, 0.3) is 0 Å². The molecule has 0 spiro atoms. The van der Waals surface area contributed by atoms with Crippen LogP contribution in [0.1, 0.15) is 24.8 Å². The van der Waals surface area contributed by atoms with Crippen LogP contribution in [0.4, 0.5) is 0 Å². The van der Waals surface area contributed by atoms with Gasteiger partial charge in [-0.15, -0.1) is 11.8 Å². The Bertz CT molecular complexity index is 924. The average molecular weight is 435 g/mol. The number of hydrogen-bond donors (Lipinski definition) is 1. The van der Waals surface area contributed by atoms with Crippen molar-refractivity contribution in [2.24, 2.45) is 0 Å². The Morgan fingerprint density at radius 3 is 2.52 bits per heavy atom. The number of ether oxygens (including phenoxy) is 1. The third kappa shape index (κ3) is 5.98. The summed E-state index contributed by atoms with van der Waals surface area (Å²) in [5.41, 5.74) is 0.769. The number of nitrogens with one attached hydrogen (secondary N) is 1. The zero-order valence-corrected chi connectivity index (χ0v) is 18.1. The molecule has 6 nitrogen and oxygen atoms in total. The summed E-state index contributed by atoms with van der Waals surface area (Å²) in [6, 6.07) is 14.4. The molecular formula is C21H26N2O4S2. The van der Waals surface area contributed by atoms with E-state index in [-0.39, 0.29) is 11.7 Å². The number of sulfonamides is 1. The summed E-state index contributed by atoms with van der Waals surface area (Å²) in [6.07, 6.45) is 2.88. The quantitative estimate of drug-likeness (QED) is 0.646. The topological polar surface area (TPSA) is 75.7 Å². The van der Waals surface area contributed by atoms with Gasteiger partial charge in [-0.05, 0) is 54.8 Å². The van der Waals surface area contributed by atoms with E-state index in [2.05, 4.69) is 5.32 Å². The molecule has 2 aromatic rings. The lowest BCUT2D eigenvalue weighted by Crippen LogP contribution is -2.35. The van der Waals surface area contributed by atoms with Crippen molar-refractivity contribution in [2.75, 3.05) is 26.0 Å². The summed E-state index contributed by atoms with van der Waals surface area (Å²) in [4.78, 5) is 13.4. The highest BCUT2D eigenvalue weighted by atomic mass is 32.2. The molecule has 1 amide bonds. The van der Waals surface area contributed by atoms with E-state index in [1.807, 2.05) is 30.3 Å². The number of benzene rings is 2. The van der Waals surface area contributed by atoms with Crippen molar-refractivity contribution in [3.05, 3.63) is 54.1 Å². The lowest BCUT2D eigenvalue weighted by atomic mass is 10.2. The predicted molar refractivity (Wildman–Crippen MR) is 115 cm³/mol. The molecule has 0 aliphatic carbocycles. The Morgan fingerprint density at radius 1 is 1.10 bits per heavy atom. The highest BCUT2D eigenvalue weighted by Gasteiger charge is 2.25. The van der Waals surface area contributed by atoms with Gasteiger partial charge in [0.2, 0.25) is 15.9 Å². The smallest absolute Gasteiger partial charge is 0.243 e. The Balaban J connectivity index is 1.53. The normalized spacial score (nSPS) is 15.1. The SMILES string of the molecule is COc1ccc(SCC(=O)NCc2cccc(S(=O)(=O)N3CCCCC3)c2)cc1. The summed E-state index contributed by atoms with van der Waals surface area (Å²) in [5.74, 6) is 0.964. The molecule has 0 saturated carbocycles. The number of thioether (sulfide) groups is 1. The fourth-order valence-electron chi connectivity index (χ4n) is 3.14. The van der Waals surface area contributed by atoms with Gasteiger partial charge in [0.05, 0.1) is 17.8 Å². The molecule has 29 heavy (non-hydrogen) atoms. The van der Waals surface area contributed by atoms with Gasteiger partial charge in [0, 0.05) is 24.5 Å². The highest BCUT2D eigenvalue weighted by molar-refractivity contribution is 8.00. The van der Waals surface area contributed by atoms with Gasteiger partial charge in [-0.3, -0.25) is 4.79 Å². The van der Waals surface area contributed by atoms with Crippen LogP contribution in [0.15, 0.2) is 58.3 Å². The summed E-state index contributed by atoms with van der Waals surface area (Å²) in [5, 5.41) is 2.86. The number of carbonyl (C=O) groups is 1. The Morgan fingerprint density at radius 2 is 1.83 bits per heavy atom. The molecule has 1 aliphatic rings. The van der Waals surface area contributed by atoms with E-state index in [4.69, 9.17) is 4.74 Å². The zero-order chi connectivity index (χ0) is 20.7. The van der Waals surface area contributed by atoms with Crippen LogP contribution in [0, 0.1) is 0 Å². The Labute approximate surface area is 176 Å². The number of carbonyl (C=O) groups excluding carboxylic acids is 1. The first-order valence-corrected chi connectivity index (χ1v) is 12.0. The Hall–Kier alpha value is -2.03. The van der Waals surface area contributed by atoms with Crippen molar-refractivity contribution in [3.8, 4) is 5.75 Å². The fourth-order valence-corrected chi connectivity index (χ4v) is 5.46. The second-order valence-electron chi connectivity index (χ2n) is 6.85. The summed E-state index contributed by atoms with van der Waals surface area (Å²) in [6.45, 7) is 1.45. The molecule has 1 aliphatic heterocycles. The van der Waals surface area contributed by atoms with Crippen LogP contribution in [-0.4, -0.2) is 44.6 Å². The van der Waals surface area contributed by atoms with Crippen LogP contribution in [0.3, 0.4) is 0 Å². The minimum Gasteiger partial charge on any atom is -0.497 e. The van der Waals surface area contributed by atoms with Crippen molar-refractivity contribution in [2.45, 2.75) is 35.6 Å². The number of methoxy groups -OCH3 is 1. The molecule has 3 rings (SSSR count). The molecule has 156 valence electrons. The van der Waals surface area contributed by atoms with E-state index in [1.165, 1.54) is 11.8 Å². The van der Waals surface area contributed by atoms with Gasteiger partial charge in [0.1, 0.15) is 5.75 Å². The largest absolute Gasteiger partial charge is 0.497 e. The van der Waals surface area contributed by atoms with E-state index in [0.717, 1.165) is 35.5 Å². The number of piperidine rings is 1. The first kappa shape index (κ1) is 21.7. The van der Waals surface area contributed by atoms with Crippen LogP contribution >= 0.6 is 11.8 Å². The van der Waals surface area contributed by atoms with Crippen molar-refractivity contribution in [1.29, 1.82) is 0 Å². The van der Waals surface area contributed by atoms with Crippen LogP contribution in [0.5, 0.6) is 5.75 Å². The molecule has 0 radical (unpaired) electrons. The molecule has 0 atom stereocenters. The third-order valence-electron chi connectivity index (χ3n) is 4.77. The van der Waals surface area contributed by atoms with Gasteiger partial charge in [-0.1, -0.05) is 18.6 Å². The molecule has 1 fully saturated rings. The highest BCUT2D eigenvalue weighted by Crippen LogP contribution is 2.22. The molecule has 2 aromatic carbocycles. The van der Waals surface area contributed by atoms with Crippen molar-refractivity contribution in [1.82, 2.24) is 9.62 Å². The molecule has 1 heterocycles. The van der Waals surface area contributed by atoms with Crippen molar-refractivity contribution in [3.63, 3.8) is 0 Å². The number of nitrogens with zero attached hydrogens (tertiary/aromatic N) is 1. The van der Waals surface area contributed by atoms with E-state index in [9.17, 15) is 13.2 Å². The fraction of sp³-hybridized carbons (Fsp3) is 0.381. The zero-order valence-electron chi connectivity index (χ0n) is 16.5. The summed E-state index contributed by atoms with van der Waals surface area (Å²) in [7, 11) is -1.86. The first-order valence-electron chi connectivity index (χ1n) is 9.62. The van der Waals surface area contributed by atoms with Crippen LogP contribution in [-0.2, 0) is 21.4 Å². The maximum Gasteiger partial charge on any atom is 0.243 e. The maximum absolute atomic E-state index is 12.8. The minimum atomic E-state index is -3.47. The van der Waals surface area contributed by atoms with E-state index < -0.39 is 10.0 Å². The van der Waals surface area contributed by atoms with Gasteiger partial charge >= 0.3 is 0 Å². The predicted octanol–water partition coefficient (Wildman–Crippen LogP) is 3.28. The number of hydrogen-bond acceptors (Lipinski definition) is 5. The second-order valence-corrected chi connectivity index (χ2v) is 9.84. The van der Waals surface area contributed by atoms with Gasteiger partial charge < -0.3 is 10.1 Å². The number of rotatable bonds is 8. The van der Waals surface area contributed by atoms with Gasteiger partial charge in [-0.2, -0.15) is 4.31 Å². The van der Waals surface area contributed by atoms with Crippen molar-refractivity contribution < 1.29 is 17.9 Å². The third-order valence-corrected chi connectivity index (χ3v) is 7.68. The van der Waals surface area contributed by atoms with Crippen LogP contribution in [0.25, 0.3) is 0 Å². The van der Waals surface area contributed by atoms with E-state index in [1.54, 1.807) is 29.6 Å². The lowest BCUT2D eigenvalue weighted by molar-refractivity contribution is -0.118. The monoisotopic (exact) mass is 434 g/mol. The molecule has 0 aromatic heterocycles. The standard InChI is InChI=1S/C21H26N2O4S2/c1-27-18-8-10-19(11-9-18)28-16-21(24)22-15-17-6-5-7-20(14-17)29(25,26)23-12-3-2-4-13-23/h5-11,14H,2-4,12-13,15-16H2,1H3,(H,22,24). The van der Waals surface area contributed by atoms with Gasteiger partial charge in [0.15, 0.2) is 0 Å². The molecule has 1 N–H and O–H groups in total. The van der Waals surface area contributed by atoms with Crippen LogP contribution < -0.4 is 10.1 Å². The maximum atomic E-state index is 12.8. The van der Waals surface area contributed by atoms with Gasteiger partial charge in [-0.25, -0.2) is 8.42 Å². The number of amides is 1. The minimum absolute atomic E-state index is 0.102. The summed E-state index contributed by atoms with van der Waals surface area (Å²) < 4.78 is 32.3. The lowest BCUT2D eigenvalue weighted by Gasteiger charge is -2.26. The van der Waals surface area contributed by atoms with Crippen molar-refractivity contribution >= 4 is 27.7 Å². The van der Waals surface area contributed by atoms with Crippen LogP contribution in [0.2, 0.25) is 0 Å². The first-order chi connectivity index (χ1) is 14.0. The van der Waals surface area contributed by atoms with E-state index >= 15 is 0 Å².